The highest BCUT2D eigenvalue weighted by atomic mass is 16.3. The van der Waals surface area contributed by atoms with E-state index in [4.69, 9.17) is 0 Å². The molecule has 0 saturated heterocycles. The topological polar surface area (TPSA) is 89.5 Å². The second-order valence-electron chi connectivity index (χ2n) is 5.80. The zero-order chi connectivity index (χ0) is 15.9. The summed E-state index contributed by atoms with van der Waals surface area (Å²) in [6.07, 6.45) is 0.649. The molecule has 2 aromatic rings. The molecule has 1 aliphatic rings. The number of nitrogens with zero attached hydrogens (tertiary/aromatic N) is 2. The van der Waals surface area contributed by atoms with Crippen molar-refractivity contribution in [1.29, 1.82) is 0 Å². The molecule has 1 aliphatic heterocycles. The van der Waals surface area contributed by atoms with E-state index >= 15 is 0 Å². The summed E-state index contributed by atoms with van der Waals surface area (Å²) in [5.74, 6) is 0.777. The maximum atomic E-state index is 11.9. The Morgan fingerprint density at radius 1 is 1.32 bits per heavy atom. The molecule has 0 amide bonds. The van der Waals surface area contributed by atoms with Gasteiger partial charge in [0.05, 0.1) is 5.69 Å². The predicted octanol–water partition coefficient (Wildman–Crippen LogP) is 1.36. The third kappa shape index (κ3) is 2.69. The van der Waals surface area contributed by atoms with Gasteiger partial charge in [0, 0.05) is 36.8 Å². The zero-order valence-electron chi connectivity index (χ0n) is 12.7. The number of benzene rings is 1. The van der Waals surface area contributed by atoms with E-state index in [9.17, 15) is 15.0 Å². The molecule has 1 aromatic heterocycles. The Morgan fingerprint density at radius 2 is 2.09 bits per heavy atom. The molecule has 0 bridgehead atoms. The third-order valence-corrected chi connectivity index (χ3v) is 4.09. The number of aromatic amines is 1. The summed E-state index contributed by atoms with van der Waals surface area (Å²) in [5.41, 5.74) is 3.16. The van der Waals surface area contributed by atoms with Crippen molar-refractivity contribution in [1.82, 2.24) is 14.9 Å². The first-order valence-electron chi connectivity index (χ1n) is 7.26. The number of fused-ring (bicyclic) bond motifs is 1. The quantitative estimate of drug-likeness (QED) is 0.779. The van der Waals surface area contributed by atoms with Crippen LogP contribution in [0.4, 0.5) is 0 Å². The lowest BCUT2D eigenvalue weighted by Gasteiger charge is -2.28. The number of phenolic OH excluding ortho intramolecular Hbond substituents is 2. The fraction of sp³-hybridized carbons (Fsp3) is 0.375. The maximum absolute atomic E-state index is 11.9. The number of aromatic nitrogens is 2. The highest BCUT2D eigenvalue weighted by Crippen LogP contribution is 2.29. The van der Waals surface area contributed by atoms with Gasteiger partial charge in [0.1, 0.15) is 17.3 Å². The van der Waals surface area contributed by atoms with Crippen LogP contribution in [0.2, 0.25) is 0 Å². The van der Waals surface area contributed by atoms with Crippen molar-refractivity contribution in [3.05, 3.63) is 50.7 Å². The number of aromatic hydroxyl groups is 2. The summed E-state index contributed by atoms with van der Waals surface area (Å²) >= 11 is 0. The van der Waals surface area contributed by atoms with Crippen molar-refractivity contribution in [3.8, 4) is 11.5 Å². The van der Waals surface area contributed by atoms with Crippen LogP contribution in [0.3, 0.4) is 0 Å². The summed E-state index contributed by atoms with van der Waals surface area (Å²) in [4.78, 5) is 21.2. The lowest BCUT2D eigenvalue weighted by molar-refractivity contribution is 0.236. The predicted molar refractivity (Wildman–Crippen MR) is 81.9 cm³/mol. The molecule has 0 aliphatic carbocycles. The van der Waals surface area contributed by atoms with Crippen LogP contribution in [-0.4, -0.2) is 31.6 Å². The van der Waals surface area contributed by atoms with E-state index < -0.39 is 0 Å². The number of phenols is 2. The molecule has 3 rings (SSSR count). The molecule has 0 radical (unpaired) electrons. The Labute approximate surface area is 128 Å². The van der Waals surface area contributed by atoms with Gasteiger partial charge in [0.15, 0.2) is 0 Å². The van der Waals surface area contributed by atoms with Crippen LogP contribution in [0.5, 0.6) is 11.5 Å². The standard InChI is InChI=1S/C16H19N3O3/c1-9-5-11(20)6-15(21)13(9)7-19-4-3-12-14(8-19)17-10(2)18-16(12)22/h5-6,20-21H,3-4,7-8H2,1-2H3,(H,17,18,22). The van der Waals surface area contributed by atoms with Crippen LogP contribution in [0.25, 0.3) is 0 Å². The molecule has 6 nitrogen and oxygen atoms in total. The average Bonchev–Trinajstić information content (AvgIpc) is 2.42. The van der Waals surface area contributed by atoms with Gasteiger partial charge in [0.25, 0.3) is 5.56 Å². The number of hydrogen-bond acceptors (Lipinski definition) is 5. The molecule has 0 fully saturated rings. The van der Waals surface area contributed by atoms with Gasteiger partial charge in [-0.25, -0.2) is 4.98 Å². The lowest BCUT2D eigenvalue weighted by Crippen LogP contribution is -2.35. The first kappa shape index (κ1) is 14.6. The first-order valence-corrected chi connectivity index (χ1v) is 7.26. The van der Waals surface area contributed by atoms with Crippen molar-refractivity contribution >= 4 is 0 Å². The number of rotatable bonds is 2. The van der Waals surface area contributed by atoms with Gasteiger partial charge < -0.3 is 15.2 Å². The molecule has 3 N–H and O–H groups in total. The minimum Gasteiger partial charge on any atom is -0.508 e. The monoisotopic (exact) mass is 301 g/mol. The zero-order valence-corrected chi connectivity index (χ0v) is 12.7. The molecular weight excluding hydrogens is 282 g/mol. The van der Waals surface area contributed by atoms with E-state index in [1.165, 1.54) is 6.07 Å². The number of H-pyrrole nitrogens is 1. The normalized spacial score (nSPS) is 14.8. The molecule has 0 saturated carbocycles. The summed E-state index contributed by atoms with van der Waals surface area (Å²) in [6.45, 7) is 5.52. The first-order chi connectivity index (χ1) is 10.4. The van der Waals surface area contributed by atoms with Crippen molar-refractivity contribution in [3.63, 3.8) is 0 Å². The van der Waals surface area contributed by atoms with Gasteiger partial charge in [-0.15, -0.1) is 0 Å². The van der Waals surface area contributed by atoms with Gasteiger partial charge in [-0.05, 0) is 31.9 Å². The average molecular weight is 301 g/mol. The van der Waals surface area contributed by atoms with Crippen LogP contribution in [0.1, 0.15) is 28.2 Å². The Balaban J connectivity index is 1.86. The van der Waals surface area contributed by atoms with E-state index in [2.05, 4.69) is 14.9 Å². The molecule has 2 heterocycles. The minimum atomic E-state index is -0.0502. The summed E-state index contributed by atoms with van der Waals surface area (Å²) in [6, 6.07) is 2.99. The van der Waals surface area contributed by atoms with Gasteiger partial charge in [-0.2, -0.15) is 0 Å². The van der Waals surface area contributed by atoms with E-state index in [-0.39, 0.29) is 17.1 Å². The molecular formula is C16H19N3O3. The van der Waals surface area contributed by atoms with Crippen LogP contribution in [-0.2, 0) is 19.5 Å². The Kier molecular flexibility index (Phi) is 3.62. The molecule has 22 heavy (non-hydrogen) atoms. The Hall–Kier alpha value is -2.34. The number of aryl methyl sites for hydroxylation is 2. The largest absolute Gasteiger partial charge is 0.508 e. The third-order valence-electron chi connectivity index (χ3n) is 4.09. The molecule has 6 heteroatoms. The Bertz CT molecular complexity index is 760. The Morgan fingerprint density at radius 3 is 2.82 bits per heavy atom. The SMILES string of the molecule is Cc1nc2c(c(=O)[nH]1)CCN(Cc1c(C)cc(O)cc1O)C2. The minimum absolute atomic E-state index is 0.0502. The van der Waals surface area contributed by atoms with E-state index in [0.29, 0.717) is 25.3 Å². The summed E-state index contributed by atoms with van der Waals surface area (Å²) < 4.78 is 0. The van der Waals surface area contributed by atoms with E-state index in [1.807, 2.05) is 6.92 Å². The van der Waals surface area contributed by atoms with Crippen molar-refractivity contribution < 1.29 is 10.2 Å². The summed E-state index contributed by atoms with van der Waals surface area (Å²) in [5, 5.41) is 19.5. The van der Waals surface area contributed by atoms with Crippen LogP contribution < -0.4 is 5.56 Å². The fourth-order valence-corrected chi connectivity index (χ4v) is 2.96. The number of hydrogen-bond donors (Lipinski definition) is 3. The summed E-state index contributed by atoms with van der Waals surface area (Å²) in [7, 11) is 0. The second-order valence-corrected chi connectivity index (χ2v) is 5.80. The van der Waals surface area contributed by atoms with Gasteiger partial charge in [0.2, 0.25) is 0 Å². The molecule has 0 atom stereocenters. The second kappa shape index (κ2) is 5.46. The number of nitrogens with one attached hydrogen (secondary N) is 1. The fourth-order valence-electron chi connectivity index (χ4n) is 2.96. The lowest BCUT2D eigenvalue weighted by atomic mass is 10.0. The van der Waals surface area contributed by atoms with Crippen molar-refractivity contribution in [2.24, 2.45) is 0 Å². The van der Waals surface area contributed by atoms with Gasteiger partial charge >= 0.3 is 0 Å². The molecule has 0 spiro atoms. The van der Waals surface area contributed by atoms with Gasteiger partial charge in [-0.1, -0.05) is 0 Å². The van der Waals surface area contributed by atoms with Crippen LogP contribution in [0, 0.1) is 13.8 Å². The van der Waals surface area contributed by atoms with E-state index in [0.717, 1.165) is 28.9 Å². The van der Waals surface area contributed by atoms with Crippen molar-refractivity contribution in [2.75, 3.05) is 6.54 Å². The van der Waals surface area contributed by atoms with E-state index in [1.54, 1.807) is 13.0 Å². The van der Waals surface area contributed by atoms with Crippen LogP contribution >= 0.6 is 0 Å². The highest BCUT2D eigenvalue weighted by Gasteiger charge is 2.22. The van der Waals surface area contributed by atoms with Crippen LogP contribution in [0.15, 0.2) is 16.9 Å². The smallest absolute Gasteiger partial charge is 0.254 e. The molecule has 116 valence electrons. The molecule has 1 aromatic carbocycles. The van der Waals surface area contributed by atoms with Gasteiger partial charge in [-0.3, -0.25) is 9.69 Å². The highest BCUT2D eigenvalue weighted by molar-refractivity contribution is 5.44. The van der Waals surface area contributed by atoms with Crippen molar-refractivity contribution in [2.45, 2.75) is 33.4 Å². The molecule has 0 unspecified atom stereocenters. The maximum Gasteiger partial charge on any atom is 0.254 e.